The Bertz CT molecular complexity index is 972. The average Bonchev–Trinajstić information content (AvgIpc) is 2.64. The first-order valence-electron chi connectivity index (χ1n) is 8.98. The van der Waals surface area contributed by atoms with Crippen molar-refractivity contribution in [3.8, 4) is 0 Å². The molecule has 0 spiro atoms. The van der Waals surface area contributed by atoms with Crippen molar-refractivity contribution >= 4 is 16.9 Å². The third-order valence-corrected chi connectivity index (χ3v) is 4.92. The Morgan fingerprint density at radius 1 is 1.08 bits per heavy atom. The lowest BCUT2D eigenvalue weighted by atomic mass is 10.1. The molecule has 3 heterocycles. The normalized spacial score (nSPS) is 15.5. The predicted octanol–water partition coefficient (Wildman–Crippen LogP) is 2.26. The van der Waals surface area contributed by atoms with Crippen molar-refractivity contribution in [1.29, 1.82) is 0 Å². The van der Waals surface area contributed by atoms with Gasteiger partial charge in [-0.05, 0) is 43.2 Å². The van der Waals surface area contributed by atoms with Crippen molar-refractivity contribution in [2.24, 2.45) is 0 Å². The molecule has 1 saturated heterocycles. The smallest absolute Gasteiger partial charge is 0.269 e. The Balaban J connectivity index is 1.42. The Morgan fingerprint density at radius 3 is 2.62 bits per heavy atom. The predicted molar refractivity (Wildman–Crippen MR) is 104 cm³/mol. The zero-order valence-corrected chi connectivity index (χ0v) is 15.2. The number of hydrogen-bond acceptors (Lipinski definition) is 5. The molecule has 6 heteroatoms. The van der Waals surface area contributed by atoms with Crippen molar-refractivity contribution in [3.05, 3.63) is 63.7 Å². The van der Waals surface area contributed by atoms with Crippen LogP contribution in [0.1, 0.15) is 16.8 Å². The molecule has 0 bridgehead atoms. The first-order valence-corrected chi connectivity index (χ1v) is 8.98. The molecule has 26 heavy (non-hydrogen) atoms. The molecule has 1 N–H and O–H groups in total. The van der Waals surface area contributed by atoms with Crippen molar-refractivity contribution in [2.45, 2.75) is 20.4 Å². The van der Waals surface area contributed by atoms with Gasteiger partial charge in [0.2, 0.25) is 0 Å². The number of nitrogens with zero attached hydrogens (tertiary/aromatic N) is 4. The molecule has 1 aromatic carbocycles. The van der Waals surface area contributed by atoms with E-state index in [1.165, 1.54) is 11.1 Å². The Kier molecular flexibility index (Phi) is 4.42. The summed E-state index contributed by atoms with van der Waals surface area (Å²) in [5, 5.41) is 0. The number of fused-ring (bicyclic) bond motifs is 1. The molecule has 0 radical (unpaired) electrons. The summed E-state index contributed by atoms with van der Waals surface area (Å²) in [6, 6.07) is 10.3. The lowest BCUT2D eigenvalue weighted by molar-refractivity contribution is 0.249. The van der Waals surface area contributed by atoms with Gasteiger partial charge in [-0.15, -0.1) is 0 Å². The van der Waals surface area contributed by atoms with Gasteiger partial charge in [-0.1, -0.05) is 12.1 Å². The lowest BCUT2D eigenvalue weighted by Crippen LogP contribution is -2.46. The molecule has 0 atom stereocenters. The fraction of sp³-hybridized carbons (Fsp3) is 0.350. The summed E-state index contributed by atoms with van der Waals surface area (Å²) in [5.74, 6) is 1.06. The molecule has 1 fully saturated rings. The number of aryl methyl sites for hydroxylation is 2. The van der Waals surface area contributed by atoms with Crippen LogP contribution in [0.2, 0.25) is 0 Å². The van der Waals surface area contributed by atoms with Crippen LogP contribution < -0.4 is 10.5 Å². The fourth-order valence-corrected chi connectivity index (χ4v) is 3.36. The van der Waals surface area contributed by atoms with Crippen LogP contribution >= 0.6 is 0 Å². The second-order valence-electron chi connectivity index (χ2n) is 6.96. The maximum absolute atomic E-state index is 11.8. The van der Waals surface area contributed by atoms with Crippen molar-refractivity contribution in [2.75, 3.05) is 31.1 Å². The molecule has 3 aromatic rings. The zero-order valence-electron chi connectivity index (χ0n) is 15.2. The number of anilines is 1. The first-order chi connectivity index (χ1) is 12.6. The van der Waals surface area contributed by atoms with Crippen LogP contribution in [0.5, 0.6) is 0 Å². The van der Waals surface area contributed by atoms with E-state index in [0.29, 0.717) is 5.69 Å². The van der Waals surface area contributed by atoms with Crippen LogP contribution in [-0.4, -0.2) is 46.0 Å². The second-order valence-corrected chi connectivity index (χ2v) is 6.96. The third kappa shape index (κ3) is 3.46. The number of rotatable bonds is 3. The van der Waals surface area contributed by atoms with Gasteiger partial charge < -0.3 is 9.88 Å². The minimum absolute atomic E-state index is 0.117. The van der Waals surface area contributed by atoms with E-state index in [-0.39, 0.29) is 5.56 Å². The van der Waals surface area contributed by atoms with E-state index in [1.807, 2.05) is 18.3 Å². The van der Waals surface area contributed by atoms with Crippen molar-refractivity contribution in [1.82, 2.24) is 19.9 Å². The Labute approximate surface area is 152 Å². The highest BCUT2D eigenvalue weighted by Crippen LogP contribution is 2.17. The largest absolute Gasteiger partial charge is 0.354 e. The van der Waals surface area contributed by atoms with E-state index in [2.05, 4.69) is 49.9 Å². The van der Waals surface area contributed by atoms with E-state index in [0.717, 1.165) is 49.6 Å². The second kappa shape index (κ2) is 6.88. The van der Waals surface area contributed by atoms with E-state index in [9.17, 15) is 4.79 Å². The summed E-state index contributed by atoms with van der Waals surface area (Å²) >= 11 is 0. The maximum Gasteiger partial charge on any atom is 0.269 e. The molecular weight excluding hydrogens is 326 g/mol. The molecule has 134 valence electrons. The van der Waals surface area contributed by atoms with Gasteiger partial charge in [0.1, 0.15) is 11.5 Å². The molecule has 1 aliphatic rings. The molecule has 6 nitrogen and oxygen atoms in total. The molecular formula is C20H23N5O. The van der Waals surface area contributed by atoms with Crippen LogP contribution in [-0.2, 0) is 6.54 Å². The molecule has 0 saturated carbocycles. The topological polar surface area (TPSA) is 65.1 Å². The number of aromatic amines is 1. The summed E-state index contributed by atoms with van der Waals surface area (Å²) in [4.78, 5) is 28.3. The SMILES string of the molecule is Cc1ccc(N2CCN(Cc3ccc4nc(C)c(=O)[nH]c4c3)CC2)nc1. The maximum atomic E-state index is 11.8. The number of benzene rings is 1. The van der Waals surface area contributed by atoms with E-state index >= 15 is 0 Å². The van der Waals surface area contributed by atoms with E-state index in [4.69, 9.17) is 0 Å². The highest BCUT2D eigenvalue weighted by molar-refractivity contribution is 5.74. The zero-order chi connectivity index (χ0) is 18.1. The molecule has 1 aliphatic heterocycles. The van der Waals surface area contributed by atoms with Crippen LogP contribution in [0.25, 0.3) is 11.0 Å². The number of H-pyrrole nitrogens is 1. The summed E-state index contributed by atoms with van der Waals surface area (Å²) in [6.07, 6.45) is 1.92. The molecule has 2 aromatic heterocycles. The van der Waals surface area contributed by atoms with Crippen LogP contribution in [0.3, 0.4) is 0 Å². The van der Waals surface area contributed by atoms with Crippen LogP contribution in [0.4, 0.5) is 5.82 Å². The summed E-state index contributed by atoms with van der Waals surface area (Å²) in [6.45, 7) is 8.60. The van der Waals surface area contributed by atoms with E-state index < -0.39 is 0 Å². The van der Waals surface area contributed by atoms with Gasteiger partial charge in [0, 0.05) is 38.9 Å². The summed E-state index contributed by atoms with van der Waals surface area (Å²) < 4.78 is 0. The van der Waals surface area contributed by atoms with Crippen molar-refractivity contribution < 1.29 is 0 Å². The average molecular weight is 349 g/mol. The highest BCUT2D eigenvalue weighted by Gasteiger charge is 2.18. The van der Waals surface area contributed by atoms with Crippen LogP contribution in [0, 0.1) is 13.8 Å². The third-order valence-electron chi connectivity index (χ3n) is 4.92. The summed E-state index contributed by atoms with van der Waals surface area (Å²) in [7, 11) is 0. The van der Waals surface area contributed by atoms with Crippen LogP contribution in [0.15, 0.2) is 41.3 Å². The minimum atomic E-state index is -0.117. The monoisotopic (exact) mass is 349 g/mol. The Morgan fingerprint density at radius 2 is 1.88 bits per heavy atom. The van der Waals surface area contributed by atoms with E-state index in [1.54, 1.807) is 6.92 Å². The van der Waals surface area contributed by atoms with Gasteiger partial charge in [-0.3, -0.25) is 9.69 Å². The quantitative estimate of drug-likeness (QED) is 0.786. The molecule has 4 rings (SSSR count). The minimum Gasteiger partial charge on any atom is -0.354 e. The number of aromatic nitrogens is 3. The standard InChI is InChI=1S/C20H23N5O/c1-14-3-6-19(21-12-14)25-9-7-24(8-10-25)13-16-4-5-17-18(11-16)23-20(26)15(2)22-17/h3-6,11-12H,7-10,13H2,1-2H3,(H,23,26). The Hall–Kier alpha value is -2.73. The van der Waals surface area contributed by atoms with Gasteiger partial charge in [-0.2, -0.15) is 0 Å². The molecule has 0 aliphatic carbocycles. The van der Waals surface area contributed by atoms with Gasteiger partial charge in [0.25, 0.3) is 5.56 Å². The highest BCUT2D eigenvalue weighted by atomic mass is 16.1. The van der Waals surface area contributed by atoms with Gasteiger partial charge >= 0.3 is 0 Å². The number of pyridine rings is 1. The summed E-state index contributed by atoms with van der Waals surface area (Å²) in [5.41, 5.74) is 4.41. The van der Waals surface area contributed by atoms with Gasteiger partial charge in [-0.25, -0.2) is 9.97 Å². The lowest BCUT2D eigenvalue weighted by Gasteiger charge is -2.35. The number of nitrogens with one attached hydrogen (secondary N) is 1. The molecule has 0 unspecified atom stereocenters. The number of hydrogen-bond donors (Lipinski definition) is 1. The fourth-order valence-electron chi connectivity index (χ4n) is 3.36. The first kappa shape index (κ1) is 16.7. The molecule has 0 amide bonds. The van der Waals surface area contributed by atoms with Gasteiger partial charge in [0.05, 0.1) is 11.0 Å². The van der Waals surface area contributed by atoms with Gasteiger partial charge in [0.15, 0.2) is 0 Å². The van der Waals surface area contributed by atoms with Crippen molar-refractivity contribution in [3.63, 3.8) is 0 Å². The number of piperazine rings is 1.